The summed E-state index contributed by atoms with van der Waals surface area (Å²) in [6.07, 6.45) is 0. The summed E-state index contributed by atoms with van der Waals surface area (Å²) in [5.41, 5.74) is 0. The zero-order chi connectivity index (χ0) is 4.50. The average Bonchev–Trinajstić information content (AvgIpc) is 0.722. The van der Waals surface area contributed by atoms with Gasteiger partial charge < -0.3 is 1.43 Å². The summed E-state index contributed by atoms with van der Waals surface area (Å²) in [5, 5.41) is 0. The standard InChI is InChI=1S/Co.Li.H2O4S.H/c;;1-5(2,3)4;/h;;(H2,1,2,3,4);/q;+1;;-1. The molecule has 4 nitrogen and oxygen atoms in total. The normalized spacial score (nSPS) is 8.29. The number of hydrogen-bond donors (Lipinski definition) is 2. The van der Waals surface area contributed by atoms with Crippen molar-refractivity contribution in [1.29, 1.82) is 0 Å². The predicted molar refractivity (Wildman–Crippen MR) is 15.3 cm³/mol. The van der Waals surface area contributed by atoms with Crippen LogP contribution in [0.2, 0.25) is 0 Å². The Labute approximate surface area is 65.1 Å². The van der Waals surface area contributed by atoms with Crippen LogP contribution in [0.1, 0.15) is 1.43 Å². The van der Waals surface area contributed by atoms with E-state index < -0.39 is 10.4 Å². The van der Waals surface area contributed by atoms with Gasteiger partial charge in [-0.2, -0.15) is 8.42 Å². The molecule has 0 amide bonds. The molecule has 7 heteroatoms. The molecule has 2 N–H and O–H groups in total. The molecule has 7 heavy (non-hydrogen) atoms. The van der Waals surface area contributed by atoms with Crippen LogP contribution in [0.4, 0.5) is 0 Å². The second-order valence-corrected chi connectivity index (χ2v) is 1.34. The first-order valence-corrected chi connectivity index (χ1v) is 2.10. The van der Waals surface area contributed by atoms with Crippen molar-refractivity contribution in [2.45, 2.75) is 0 Å². The molecule has 0 aliphatic rings. The van der Waals surface area contributed by atoms with Crippen LogP contribution in [-0.4, -0.2) is 17.5 Å². The van der Waals surface area contributed by atoms with E-state index in [9.17, 15) is 0 Å². The summed E-state index contributed by atoms with van der Waals surface area (Å²) in [4.78, 5) is 0. The summed E-state index contributed by atoms with van der Waals surface area (Å²) in [6.45, 7) is 0. The van der Waals surface area contributed by atoms with E-state index in [0.717, 1.165) is 0 Å². The predicted octanol–water partition coefficient (Wildman–Crippen LogP) is -3.54. The van der Waals surface area contributed by atoms with E-state index in [1.54, 1.807) is 0 Å². The van der Waals surface area contributed by atoms with Crippen LogP contribution >= 0.6 is 0 Å². The molecule has 0 spiro atoms. The van der Waals surface area contributed by atoms with E-state index in [1.807, 2.05) is 0 Å². The van der Waals surface area contributed by atoms with Gasteiger partial charge in [-0.05, 0) is 0 Å². The van der Waals surface area contributed by atoms with Gasteiger partial charge in [-0.25, -0.2) is 0 Å². The van der Waals surface area contributed by atoms with Gasteiger partial charge in [0.15, 0.2) is 0 Å². The Kier molecular flexibility index (Phi) is 11.5. The topological polar surface area (TPSA) is 74.6 Å². The second kappa shape index (κ2) is 5.12. The Morgan fingerprint density at radius 3 is 1.29 bits per heavy atom. The zero-order valence-electron chi connectivity index (χ0n) is 4.45. The van der Waals surface area contributed by atoms with Gasteiger partial charge in [0.2, 0.25) is 0 Å². The van der Waals surface area contributed by atoms with Crippen LogP contribution in [0.15, 0.2) is 0 Å². The minimum atomic E-state index is -4.67. The summed E-state index contributed by atoms with van der Waals surface area (Å²) in [6, 6.07) is 0. The van der Waals surface area contributed by atoms with Crippen molar-refractivity contribution >= 4 is 10.4 Å². The van der Waals surface area contributed by atoms with Crippen molar-refractivity contribution in [3.8, 4) is 0 Å². The molecule has 0 aromatic rings. The van der Waals surface area contributed by atoms with Gasteiger partial charge in [0.05, 0.1) is 0 Å². The van der Waals surface area contributed by atoms with E-state index in [2.05, 4.69) is 0 Å². The summed E-state index contributed by atoms with van der Waals surface area (Å²) in [7, 11) is -4.67. The molecule has 0 bridgehead atoms. The third-order valence-electron chi connectivity index (χ3n) is 0. The fraction of sp³-hybridized carbons (Fsp3) is 0. The molecule has 0 unspecified atom stereocenters. The molecule has 0 atom stereocenters. The van der Waals surface area contributed by atoms with E-state index in [0.29, 0.717) is 0 Å². The first kappa shape index (κ1) is 15.7. The summed E-state index contributed by atoms with van der Waals surface area (Å²) >= 11 is 0. The van der Waals surface area contributed by atoms with Crippen molar-refractivity contribution in [3.63, 3.8) is 0 Å². The fourth-order valence-electron chi connectivity index (χ4n) is 0. The van der Waals surface area contributed by atoms with Crippen LogP contribution in [0.5, 0.6) is 0 Å². The molecule has 0 saturated heterocycles. The Morgan fingerprint density at radius 1 is 1.29 bits per heavy atom. The minimum Gasteiger partial charge on any atom is -1.00 e. The van der Waals surface area contributed by atoms with Gasteiger partial charge in [-0.3, -0.25) is 9.11 Å². The smallest absolute Gasteiger partial charge is 1.00 e. The largest absolute Gasteiger partial charge is 1.00 e. The van der Waals surface area contributed by atoms with Crippen molar-refractivity contribution in [3.05, 3.63) is 0 Å². The van der Waals surface area contributed by atoms with Crippen LogP contribution in [0, 0.1) is 0 Å². The maximum Gasteiger partial charge on any atom is 1.00 e. The van der Waals surface area contributed by atoms with Crippen LogP contribution < -0.4 is 18.9 Å². The molecule has 0 heterocycles. The van der Waals surface area contributed by atoms with E-state index in [4.69, 9.17) is 17.5 Å². The van der Waals surface area contributed by atoms with E-state index >= 15 is 0 Å². The summed E-state index contributed by atoms with van der Waals surface area (Å²) < 4.78 is 31.6. The van der Waals surface area contributed by atoms with E-state index in [1.165, 1.54) is 0 Å². The molecular formula is H3CoLiO4S. The molecule has 0 aliphatic heterocycles. The maximum absolute atomic E-state index is 8.74. The fourth-order valence-corrected chi connectivity index (χ4v) is 0. The Bertz CT molecular complexity index is 99.2. The summed E-state index contributed by atoms with van der Waals surface area (Å²) in [5.74, 6) is 0. The number of rotatable bonds is 0. The van der Waals surface area contributed by atoms with Gasteiger partial charge in [-0.15, -0.1) is 0 Å². The SMILES string of the molecule is O=S(=O)(O)O.[Co].[H-].[Li+]. The van der Waals surface area contributed by atoms with Gasteiger partial charge in [-0.1, -0.05) is 0 Å². The first-order valence-electron chi connectivity index (χ1n) is 0.698. The van der Waals surface area contributed by atoms with Crippen molar-refractivity contribution in [2.75, 3.05) is 0 Å². The van der Waals surface area contributed by atoms with E-state index in [-0.39, 0.29) is 37.1 Å². The van der Waals surface area contributed by atoms with Crippen molar-refractivity contribution < 1.29 is 54.6 Å². The zero-order valence-corrected chi connectivity index (χ0v) is 5.31. The minimum absolute atomic E-state index is 0. The molecule has 43 valence electrons. The molecule has 0 aromatic heterocycles. The third kappa shape index (κ3) is 182. The molecule has 0 aliphatic carbocycles. The van der Waals surface area contributed by atoms with Gasteiger partial charge >= 0.3 is 29.3 Å². The molecule has 0 fully saturated rings. The Morgan fingerprint density at radius 2 is 1.29 bits per heavy atom. The van der Waals surface area contributed by atoms with Gasteiger partial charge in [0.1, 0.15) is 0 Å². The van der Waals surface area contributed by atoms with Crippen LogP contribution in [0.25, 0.3) is 0 Å². The molecule has 0 rings (SSSR count). The second-order valence-electron chi connectivity index (χ2n) is 0.448. The van der Waals surface area contributed by atoms with Gasteiger partial charge in [0, 0.05) is 16.8 Å². The number of hydrogen-bond acceptors (Lipinski definition) is 2. The average molecular weight is 165 g/mol. The van der Waals surface area contributed by atoms with Crippen molar-refractivity contribution in [2.24, 2.45) is 0 Å². The van der Waals surface area contributed by atoms with Crippen LogP contribution in [-0.2, 0) is 27.2 Å². The molecule has 1 radical (unpaired) electrons. The monoisotopic (exact) mass is 165 g/mol. The first-order chi connectivity index (χ1) is 2.00. The quantitative estimate of drug-likeness (QED) is 0.288. The Hall–Kier alpha value is 0.974. The van der Waals surface area contributed by atoms with Crippen LogP contribution in [0.3, 0.4) is 0 Å². The molecule has 0 aromatic carbocycles. The molecular weight excluding hydrogens is 162 g/mol. The Balaban J connectivity index is -0.0000000267. The van der Waals surface area contributed by atoms with Crippen molar-refractivity contribution in [1.82, 2.24) is 0 Å². The maximum atomic E-state index is 8.74. The van der Waals surface area contributed by atoms with Gasteiger partial charge in [0.25, 0.3) is 0 Å². The third-order valence-corrected chi connectivity index (χ3v) is 0. The molecule has 0 saturated carbocycles.